The lowest BCUT2D eigenvalue weighted by Crippen LogP contribution is -2.41. The number of hydrogen-bond acceptors (Lipinski definition) is 2. The van der Waals surface area contributed by atoms with E-state index in [1.54, 1.807) is 0 Å². The van der Waals surface area contributed by atoms with Crippen LogP contribution in [0.15, 0.2) is 22.7 Å². The Morgan fingerprint density at radius 3 is 2.56 bits per heavy atom. The van der Waals surface area contributed by atoms with E-state index in [0.717, 1.165) is 41.5 Å². The van der Waals surface area contributed by atoms with Crippen molar-refractivity contribution in [1.82, 2.24) is 0 Å². The van der Waals surface area contributed by atoms with Crippen molar-refractivity contribution in [2.24, 2.45) is 0 Å². The second kappa shape index (κ2) is 5.43. The van der Waals surface area contributed by atoms with Gasteiger partial charge in [0.2, 0.25) is 0 Å². The fraction of sp³-hybridized carbons (Fsp3) is 0.533. The molecule has 0 amide bonds. The molecule has 3 heteroatoms. The van der Waals surface area contributed by atoms with E-state index in [1.165, 1.54) is 0 Å². The number of hydrogen-bond donors (Lipinski definition) is 0. The van der Waals surface area contributed by atoms with Crippen molar-refractivity contribution >= 4 is 21.7 Å². The summed E-state index contributed by atoms with van der Waals surface area (Å²) >= 11 is 3.43. The highest BCUT2D eigenvalue weighted by Crippen LogP contribution is 2.39. The number of fused-ring (bicyclic) bond motifs is 1. The molecule has 0 bridgehead atoms. The van der Waals surface area contributed by atoms with E-state index in [9.17, 15) is 4.79 Å². The Hall–Kier alpha value is -0.830. The maximum atomic E-state index is 12.3. The van der Waals surface area contributed by atoms with Gasteiger partial charge in [0.25, 0.3) is 0 Å². The quantitative estimate of drug-likeness (QED) is 0.802. The van der Waals surface area contributed by atoms with Gasteiger partial charge in [-0.2, -0.15) is 0 Å². The number of benzene rings is 1. The van der Waals surface area contributed by atoms with Crippen molar-refractivity contribution in [3.05, 3.63) is 28.2 Å². The number of carbonyl (C=O) groups excluding carboxylic acids is 1. The monoisotopic (exact) mass is 310 g/mol. The number of Topliss-reactive ketones (excluding diaryl/α,β-unsaturated/α-hetero) is 1. The summed E-state index contributed by atoms with van der Waals surface area (Å²) in [6.45, 7) is 4.28. The average Bonchev–Trinajstić information content (AvgIpc) is 2.28. The first-order valence-electron chi connectivity index (χ1n) is 6.62. The van der Waals surface area contributed by atoms with E-state index in [1.807, 2.05) is 18.2 Å². The van der Waals surface area contributed by atoms with Gasteiger partial charge in [0.05, 0.1) is 12.0 Å². The summed E-state index contributed by atoms with van der Waals surface area (Å²) in [6.07, 6.45) is 4.48. The number of ketones is 1. The van der Waals surface area contributed by atoms with Gasteiger partial charge in [0.15, 0.2) is 5.78 Å². The van der Waals surface area contributed by atoms with Crippen LogP contribution in [0.5, 0.6) is 5.75 Å². The van der Waals surface area contributed by atoms with Crippen LogP contribution >= 0.6 is 15.9 Å². The summed E-state index contributed by atoms with van der Waals surface area (Å²) in [4.78, 5) is 12.3. The Balaban J connectivity index is 2.37. The number of rotatable bonds is 4. The first-order chi connectivity index (χ1) is 8.60. The maximum absolute atomic E-state index is 12.3. The Kier molecular flexibility index (Phi) is 4.10. The molecule has 18 heavy (non-hydrogen) atoms. The third-order valence-corrected chi connectivity index (χ3v) is 3.96. The summed E-state index contributed by atoms with van der Waals surface area (Å²) in [6, 6.07) is 5.66. The molecule has 0 fully saturated rings. The van der Waals surface area contributed by atoms with Crippen molar-refractivity contribution in [3.63, 3.8) is 0 Å². The molecule has 0 saturated carbocycles. The third-order valence-electron chi connectivity index (χ3n) is 3.46. The minimum atomic E-state index is -0.283. The van der Waals surface area contributed by atoms with Gasteiger partial charge in [-0.25, -0.2) is 0 Å². The van der Waals surface area contributed by atoms with E-state index in [0.29, 0.717) is 6.42 Å². The second-order valence-corrected chi connectivity index (χ2v) is 5.94. The van der Waals surface area contributed by atoms with Crippen LogP contribution in [0.2, 0.25) is 0 Å². The lowest BCUT2D eigenvalue weighted by atomic mass is 9.83. The van der Waals surface area contributed by atoms with Gasteiger partial charge < -0.3 is 4.74 Å². The number of ether oxygens (including phenoxy) is 1. The molecule has 98 valence electrons. The Morgan fingerprint density at radius 2 is 1.94 bits per heavy atom. The fourth-order valence-electron chi connectivity index (χ4n) is 2.78. The standard InChI is InChI=1S/C15H19BrO2/c1-3-7-15(8-4-2)10-13(17)12-6-5-11(16)9-14(12)18-15/h5-6,9H,3-4,7-8,10H2,1-2H3. The van der Waals surface area contributed by atoms with E-state index < -0.39 is 0 Å². The predicted molar refractivity (Wildman–Crippen MR) is 76.3 cm³/mol. The third kappa shape index (κ3) is 2.61. The van der Waals surface area contributed by atoms with Gasteiger partial charge in [-0.05, 0) is 31.0 Å². The van der Waals surface area contributed by atoms with Crippen LogP contribution in [0.1, 0.15) is 56.3 Å². The van der Waals surface area contributed by atoms with Gasteiger partial charge in [-0.1, -0.05) is 42.6 Å². The van der Waals surface area contributed by atoms with Crippen LogP contribution < -0.4 is 4.74 Å². The molecule has 0 N–H and O–H groups in total. The molecule has 2 nitrogen and oxygen atoms in total. The highest BCUT2D eigenvalue weighted by molar-refractivity contribution is 9.10. The molecule has 1 aromatic rings. The van der Waals surface area contributed by atoms with Crippen LogP contribution in [0, 0.1) is 0 Å². The molecular weight excluding hydrogens is 292 g/mol. The summed E-state index contributed by atoms with van der Waals surface area (Å²) in [7, 11) is 0. The first kappa shape index (κ1) is 13.6. The predicted octanol–water partition coefficient (Wildman–Crippen LogP) is 4.75. The van der Waals surface area contributed by atoms with E-state index in [2.05, 4.69) is 29.8 Å². The van der Waals surface area contributed by atoms with Gasteiger partial charge in [0.1, 0.15) is 11.4 Å². The average molecular weight is 311 g/mol. The molecule has 0 spiro atoms. The molecule has 1 aliphatic rings. The first-order valence-corrected chi connectivity index (χ1v) is 7.41. The van der Waals surface area contributed by atoms with Gasteiger partial charge in [0, 0.05) is 4.47 Å². The van der Waals surface area contributed by atoms with E-state index >= 15 is 0 Å². The second-order valence-electron chi connectivity index (χ2n) is 5.03. The zero-order chi connectivity index (χ0) is 13.2. The molecule has 0 aliphatic carbocycles. The summed E-state index contributed by atoms with van der Waals surface area (Å²) in [5.74, 6) is 0.952. The van der Waals surface area contributed by atoms with Crippen LogP contribution in [0.25, 0.3) is 0 Å². The largest absolute Gasteiger partial charge is 0.486 e. The number of carbonyl (C=O) groups is 1. The molecule has 1 heterocycles. The summed E-state index contributed by atoms with van der Waals surface area (Å²) in [5, 5.41) is 0. The van der Waals surface area contributed by atoms with Crippen LogP contribution in [-0.4, -0.2) is 11.4 Å². The van der Waals surface area contributed by atoms with Crippen LogP contribution in [-0.2, 0) is 0 Å². The van der Waals surface area contributed by atoms with E-state index in [4.69, 9.17) is 4.74 Å². The SMILES string of the molecule is CCCC1(CCC)CC(=O)c2ccc(Br)cc2O1. The number of halogens is 1. The van der Waals surface area contributed by atoms with Crippen LogP contribution in [0.3, 0.4) is 0 Å². The molecule has 0 radical (unpaired) electrons. The molecule has 2 rings (SSSR count). The van der Waals surface area contributed by atoms with Gasteiger partial charge in [-0.3, -0.25) is 4.79 Å². The topological polar surface area (TPSA) is 26.3 Å². The molecule has 1 aliphatic heterocycles. The fourth-order valence-corrected chi connectivity index (χ4v) is 3.12. The lowest BCUT2D eigenvalue weighted by Gasteiger charge is -2.38. The normalized spacial score (nSPS) is 17.2. The molecular formula is C15H19BrO2. The van der Waals surface area contributed by atoms with Crippen molar-refractivity contribution in [3.8, 4) is 5.75 Å². The summed E-state index contributed by atoms with van der Waals surface area (Å²) in [5.41, 5.74) is 0.440. The van der Waals surface area contributed by atoms with Crippen molar-refractivity contribution < 1.29 is 9.53 Å². The molecule has 0 atom stereocenters. The molecule has 0 unspecified atom stereocenters. The summed E-state index contributed by atoms with van der Waals surface area (Å²) < 4.78 is 7.16. The Bertz CT molecular complexity index is 448. The lowest BCUT2D eigenvalue weighted by molar-refractivity contribution is 0.0270. The Labute approximate surface area is 117 Å². The highest BCUT2D eigenvalue weighted by atomic mass is 79.9. The van der Waals surface area contributed by atoms with Crippen LogP contribution in [0.4, 0.5) is 0 Å². The smallest absolute Gasteiger partial charge is 0.170 e. The molecule has 0 saturated heterocycles. The molecule has 1 aromatic carbocycles. The van der Waals surface area contributed by atoms with E-state index in [-0.39, 0.29) is 11.4 Å². The van der Waals surface area contributed by atoms with Crippen molar-refractivity contribution in [1.29, 1.82) is 0 Å². The Morgan fingerprint density at radius 1 is 1.28 bits per heavy atom. The van der Waals surface area contributed by atoms with Crippen molar-refractivity contribution in [2.45, 2.75) is 51.6 Å². The van der Waals surface area contributed by atoms with Crippen molar-refractivity contribution in [2.75, 3.05) is 0 Å². The zero-order valence-corrected chi connectivity index (χ0v) is 12.5. The minimum absolute atomic E-state index is 0.214. The highest BCUT2D eigenvalue weighted by Gasteiger charge is 2.38. The molecule has 0 aromatic heterocycles. The van der Waals surface area contributed by atoms with Gasteiger partial charge >= 0.3 is 0 Å². The minimum Gasteiger partial charge on any atom is -0.486 e. The maximum Gasteiger partial charge on any atom is 0.170 e. The zero-order valence-electron chi connectivity index (χ0n) is 11.0. The van der Waals surface area contributed by atoms with Gasteiger partial charge in [-0.15, -0.1) is 0 Å².